The third-order valence-corrected chi connectivity index (χ3v) is 11.2. The minimum Gasteiger partial charge on any atom is -0.462 e. The highest BCUT2D eigenvalue weighted by molar-refractivity contribution is 5.67. The summed E-state index contributed by atoms with van der Waals surface area (Å²) in [6, 6.07) is 0. The number of esters is 2. The molecule has 0 N–H and O–H groups in total. The van der Waals surface area contributed by atoms with E-state index in [2.05, 4.69) is 26.8 Å². The molecule has 1 heterocycles. The average molecular weight is 517 g/mol. The summed E-state index contributed by atoms with van der Waals surface area (Å²) in [6.07, 6.45) is 12.7. The van der Waals surface area contributed by atoms with Gasteiger partial charge in [-0.1, -0.05) is 32.4 Å². The van der Waals surface area contributed by atoms with E-state index in [0.717, 1.165) is 45.3 Å². The van der Waals surface area contributed by atoms with E-state index in [0.29, 0.717) is 41.4 Å². The number of ether oxygens (including phenoxy) is 4. The Morgan fingerprint density at radius 1 is 1.05 bits per heavy atom. The topological polar surface area (TPSA) is 71.1 Å². The van der Waals surface area contributed by atoms with Gasteiger partial charge in [-0.3, -0.25) is 9.59 Å². The lowest BCUT2D eigenvalue weighted by Crippen LogP contribution is -2.57. The molecule has 3 saturated carbocycles. The van der Waals surface area contributed by atoms with Crippen LogP contribution in [0.3, 0.4) is 0 Å². The zero-order chi connectivity index (χ0) is 26.4. The maximum atomic E-state index is 12.2. The Morgan fingerprint density at radius 3 is 2.54 bits per heavy atom. The number of carbonyl (C=O) groups excluding carboxylic acids is 2. The monoisotopic (exact) mass is 516 g/mol. The molecule has 1 aliphatic heterocycles. The van der Waals surface area contributed by atoms with Gasteiger partial charge in [0.15, 0.2) is 6.29 Å². The van der Waals surface area contributed by atoms with Crippen molar-refractivity contribution < 1.29 is 28.5 Å². The van der Waals surface area contributed by atoms with Crippen LogP contribution in [0.25, 0.3) is 0 Å². The molecule has 208 valence electrons. The number of fused-ring (bicyclic) bond motifs is 5. The van der Waals surface area contributed by atoms with Gasteiger partial charge in [0.25, 0.3) is 0 Å². The quantitative estimate of drug-likeness (QED) is 0.308. The summed E-state index contributed by atoms with van der Waals surface area (Å²) in [5.74, 6) is 2.48. The maximum absolute atomic E-state index is 12.2. The van der Waals surface area contributed by atoms with Crippen molar-refractivity contribution in [2.45, 2.75) is 117 Å². The first-order valence-electron chi connectivity index (χ1n) is 14.9. The van der Waals surface area contributed by atoms with Crippen LogP contribution in [0.1, 0.15) is 98.8 Å². The summed E-state index contributed by atoms with van der Waals surface area (Å²) < 4.78 is 23.7. The van der Waals surface area contributed by atoms with Crippen LogP contribution >= 0.6 is 0 Å². The second-order valence-corrected chi connectivity index (χ2v) is 13.2. The first-order valence-corrected chi connectivity index (χ1v) is 14.9. The molecule has 10 atom stereocenters. The van der Waals surface area contributed by atoms with Crippen LogP contribution in [0.2, 0.25) is 0 Å². The van der Waals surface area contributed by atoms with Gasteiger partial charge < -0.3 is 18.9 Å². The minimum atomic E-state index is -0.261. The fraction of sp³-hybridized carbons (Fsp3) is 0.871. The molecule has 0 aromatic carbocycles. The van der Waals surface area contributed by atoms with Crippen LogP contribution in [0.4, 0.5) is 0 Å². The summed E-state index contributed by atoms with van der Waals surface area (Å²) in [7, 11) is 0. The van der Waals surface area contributed by atoms with Crippen molar-refractivity contribution in [3.05, 3.63) is 11.6 Å². The Morgan fingerprint density at radius 2 is 1.84 bits per heavy atom. The lowest BCUT2D eigenvalue weighted by Gasteiger charge is -2.60. The van der Waals surface area contributed by atoms with Crippen LogP contribution in [0.15, 0.2) is 11.6 Å². The molecule has 0 radical (unpaired) electrons. The summed E-state index contributed by atoms with van der Waals surface area (Å²) in [4.78, 5) is 23.9. The molecule has 0 bridgehead atoms. The van der Waals surface area contributed by atoms with Gasteiger partial charge in [-0.15, -0.1) is 0 Å². The third kappa shape index (κ3) is 5.02. The van der Waals surface area contributed by atoms with Crippen molar-refractivity contribution in [2.24, 2.45) is 40.4 Å². The third-order valence-electron chi connectivity index (χ3n) is 11.2. The zero-order valence-corrected chi connectivity index (χ0v) is 23.6. The van der Waals surface area contributed by atoms with Gasteiger partial charge in [-0.2, -0.15) is 0 Å². The van der Waals surface area contributed by atoms with Gasteiger partial charge in [-0.25, -0.2) is 0 Å². The number of rotatable bonds is 6. The van der Waals surface area contributed by atoms with Gasteiger partial charge in [0.2, 0.25) is 0 Å². The molecule has 0 spiro atoms. The molecule has 5 rings (SSSR count). The van der Waals surface area contributed by atoms with Crippen molar-refractivity contribution in [3.63, 3.8) is 0 Å². The van der Waals surface area contributed by atoms with E-state index in [1.165, 1.54) is 45.1 Å². The molecule has 37 heavy (non-hydrogen) atoms. The predicted octanol–water partition coefficient (Wildman–Crippen LogP) is 6.22. The minimum absolute atomic E-state index is 0.0147. The molecule has 0 aromatic rings. The maximum Gasteiger partial charge on any atom is 0.302 e. The Bertz CT molecular complexity index is 892. The molecule has 0 amide bonds. The molecule has 1 unspecified atom stereocenters. The molecule has 0 aromatic heterocycles. The lowest BCUT2D eigenvalue weighted by molar-refractivity contribution is -0.177. The van der Waals surface area contributed by atoms with Gasteiger partial charge in [0.05, 0.1) is 6.61 Å². The second-order valence-electron chi connectivity index (χ2n) is 13.2. The fourth-order valence-electron chi connectivity index (χ4n) is 9.55. The van der Waals surface area contributed by atoms with Crippen LogP contribution in [0, 0.1) is 40.4 Å². The molecule has 6 nitrogen and oxygen atoms in total. The Balaban J connectivity index is 1.33. The van der Waals surface area contributed by atoms with Crippen LogP contribution in [-0.2, 0) is 28.5 Å². The summed E-state index contributed by atoms with van der Waals surface area (Å²) in [6.45, 7) is 11.9. The van der Waals surface area contributed by atoms with E-state index >= 15 is 0 Å². The van der Waals surface area contributed by atoms with Crippen LogP contribution in [-0.4, -0.2) is 43.7 Å². The van der Waals surface area contributed by atoms with E-state index < -0.39 is 0 Å². The Labute approximate surface area is 223 Å². The molecule has 1 saturated heterocycles. The molecule has 5 aliphatic rings. The molecular formula is C31H48O6. The van der Waals surface area contributed by atoms with Crippen molar-refractivity contribution in [2.75, 3.05) is 13.2 Å². The smallest absolute Gasteiger partial charge is 0.302 e. The van der Waals surface area contributed by atoms with E-state index in [1.807, 2.05) is 0 Å². The molecule has 4 fully saturated rings. The molecule has 4 aliphatic carbocycles. The normalized spacial score (nSPS) is 44.0. The SMILES string of the molecule is CC(=O)O[C@@H]1CC2=CC[C@H]3[C@@H]4CC[C@H]([C@H](C)COC5CCCCO5)[C@@]4(C)CC[C@@H]3[C@@]2(C)[C@@H](OC(C)=O)C1. The van der Waals surface area contributed by atoms with Gasteiger partial charge in [0, 0.05) is 38.7 Å². The second kappa shape index (κ2) is 10.6. The van der Waals surface area contributed by atoms with Crippen LogP contribution < -0.4 is 0 Å². The van der Waals surface area contributed by atoms with E-state index in [4.69, 9.17) is 18.9 Å². The van der Waals surface area contributed by atoms with Crippen LogP contribution in [0.5, 0.6) is 0 Å². The number of hydrogen-bond donors (Lipinski definition) is 0. The predicted molar refractivity (Wildman–Crippen MR) is 140 cm³/mol. The number of carbonyl (C=O) groups is 2. The van der Waals surface area contributed by atoms with Crippen molar-refractivity contribution in [3.8, 4) is 0 Å². The number of hydrogen-bond acceptors (Lipinski definition) is 6. The number of allylic oxidation sites excluding steroid dienone is 1. The van der Waals surface area contributed by atoms with Crippen molar-refractivity contribution in [1.82, 2.24) is 0 Å². The average Bonchev–Trinajstić information content (AvgIpc) is 3.20. The highest BCUT2D eigenvalue weighted by Crippen LogP contribution is 2.67. The fourth-order valence-corrected chi connectivity index (χ4v) is 9.55. The lowest BCUT2D eigenvalue weighted by atomic mass is 9.46. The Hall–Kier alpha value is -1.40. The zero-order valence-electron chi connectivity index (χ0n) is 23.6. The highest BCUT2D eigenvalue weighted by Gasteiger charge is 2.62. The first-order chi connectivity index (χ1) is 17.6. The summed E-state index contributed by atoms with van der Waals surface area (Å²) >= 11 is 0. The van der Waals surface area contributed by atoms with Gasteiger partial charge in [0.1, 0.15) is 12.2 Å². The molecule has 6 heteroatoms. The Kier molecular flexibility index (Phi) is 7.81. The largest absolute Gasteiger partial charge is 0.462 e. The summed E-state index contributed by atoms with van der Waals surface area (Å²) in [5.41, 5.74) is 1.48. The molecular weight excluding hydrogens is 468 g/mol. The van der Waals surface area contributed by atoms with Crippen molar-refractivity contribution in [1.29, 1.82) is 0 Å². The van der Waals surface area contributed by atoms with Gasteiger partial charge in [-0.05, 0) is 86.4 Å². The van der Waals surface area contributed by atoms with Gasteiger partial charge >= 0.3 is 11.9 Å². The summed E-state index contributed by atoms with van der Waals surface area (Å²) in [5, 5.41) is 0. The van der Waals surface area contributed by atoms with E-state index in [1.54, 1.807) is 0 Å². The standard InChI is InChI=1S/C31H48O6/c1-19(18-35-29-8-6-7-15-34-29)25-11-12-26-24-10-9-22-16-23(36-20(2)32)17-28(37-21(3)33)31(22,5)27(24)13-14-30(25,26)4/h9,19,23-29H,6-8,10-18H2,1-5H3/t19-,23-,24+,25-,26+,27+,28+,29?,30-,31+/m1/s1. The first kappa shape index (κ1) is 27.2. The van der Waals surface area contributed by atoms with E-state index in [-0.39, 0.29) is 35.9 Å². The van der Waals surface area contributed by atoms with E-state index in [9.17, 15) is 9.59 Å². The van der Waals surface area contributed by atoms with Crippen molar-refractivity contribution >= 4 is 11.9 Å². The highest BCUT2D eigenvalue weighted by atomic mass is 16.7.